The summed E-state index contributed by atoms with van der Waals surface area (Å²) in [5, 5.41) is 12.3. The molecule has 0 aliphatic carbocycles. The van der Waals surface area contributed by atoms with Gasteiger partial charge in [-0.2, -0.15) is 5.26 Å². The molecule has 0 atom stereocenters. The van der Waals surface area contributed by atoms with Crippen LogP contribution in [-0.2, 0) is 6.54 Å². The summed E-state index contributed by atoms with van der Waals surface area (Å²) in [4.78, 5) is 0. The molecule has 3 nitrogen and oxygen atoms in total. The number of nitriles is 1. The zero-order valence-corrected chi connectivity index (χ0v) is 12.9. The van der Waals surface area contributed by atoms with Gasteiger partial charge in [0.05, 0.1) is 18.1 Å². The van der Waals surface area contributed by atoms with Crippen LogP contribution in [0.2, 0.25) is 0 Å². The third kappa shape index (κ3) is 6.58. The lowest BCUT2D eigenvalue weighted by Gasteiger charge is -2.14. The minimum absolute atomic E-state index is 0.252. The van der Waals surface area contributed by atoms with Crippen LogP contribution in [-0.4, -0.2) is 13.2 Å². The van der Waals surface area contributed by atoms with Gasteiger partial charge in [0.1, 0.15) is 5.75 Å². The van der Waals surface area contributed by atoms with Crippen LogP contribution in [0.25, 0.3) is 0 Å². The fourth-order valence-corrected chi connectivity index (χ4v) is 1.87. The molecule has 1 rings (SSSR count). The second-order valence-electron chi connectivity index (χ2n) is 5.77. The van der Waals surface area contributed by atoms with Gasteiger partial charge in [0.25, 0.3) is 0 Å². The smallest absolute Gasteiger partial charge is 0.119 e. The molecule has 0 spiro atoms. The second kappa shape index (κ2) is 8.60. The largest absolute Gasteiger partial charge is 0.494 e. The maximum absolute atomic E-state index is 8.93. The van der Waals surface area contributed by atoms with E-state index in [1.54, 1.807) is 0 Å². The molecule has 0 aromatic heterocycles. The summed E-state index contributed by atoms with van der Waals surface area (Å²) >= 11 is 0. The van der Waals surface area contributed by atoms with E-state index in [0.29, 0.717) is 6.61 Å². The molecule has 0 heterocycles. The number of ether oxygens (including phenoxy) is 1. The number of hydrogen-bond acceptors (Lipinski definition) is 3. The van der Waals surface area contributed by atoms with Crippen molar-refractivity contribution >= 4 is 0 Å². The maximum Gasteiger partial charge on any atom is 0.119 e. The molecule has 0 amide bonds. The standard InChI is InChI=1S/C17H26N2O/c1-4-11-19-13-15-6-8-16(9-7-15)20-12-5-10-17(2,3)14-18/h6-9,19H,4-5,10-13H2,1-3H3. The summed E-state index contributed by atoms with van der Waals surface area (Å²) in [5.41, 5.74) is 1.02. The van der Waals surface area contributed by atoms with Crippen LogP contribution in [0.15, 0.2) is 24.3 Å². The first-order chi connectivity index (χ1) is 9.57. The Balaban J connectivity index is 2.26. The van der Waals surface area contributed by atoms with E-state index in [9.17, 15) is 0 Å². The van der Waals surface area contributed by atoms with Gasteiger partial charge in [-0.3, -0.25) is 0 Å². The van der Waals surface area contributed by atoms with Gasteiger partial charge in [0, 0.05) is 6.54 Å². The van der Waals surface area contributed by atoms with E-state index in [2.05, 4.69) is 30.4 Å². The molecule has 0 saturated heterocycles. The van der Waals surface area contributed by atoms with Crippen molar-refractivity contribution in [1.82, 2.24) is 5.32 Å². The lowest BCUT2D eigenvalue weighted by molar-refractivity contribution is 0.284. The van der Waals surface area contributed by atoms with Gasteiger partial charge in [0.15, 0.2) is 0 Å². The van der Waals surface area contributed by atoms with Crippen LogP contribution < -0.4 is 10.1 Å². The Morgan fingerprint density at radius 2 is 1.95 bits per heavy atom. The molecule has 1 aromatic rings. The second-order valence-corrected chi connectivity index (χ2v) is 5.77. The zero-order valence-electron chi connectivity index (χ0n) is 12.9. The molecule has 0 unspecified atom stereocenters. The van der Waals surface area contributed by atoms with E-state index in [4.69, 9.17) is 10.00 Å². The predicted molar refractivity (Wildman–Crippen MR) is 82.6 cm³/mol. The van der Waals surface area contributed by atoms with Crippen molar-refractivity contribution in [1.29, 1.82) is 5.26 Å². The lowest BCUT2D eigenvalue weighted by Crippen LogP contribution is -2.13. The van der Waals surface area contributed by atoms with E-state index in [-0.39, 0.29) is 5.41 Å². The van der Waals surface area contributed by atoms with Gasteiger partial charge in [0.2, 0.25) is 0 Å². The van der Waals surface area contributed by atoms with E-state index >= 15 is 0 Å². The summed E-state index contributed by atoms with van der Waals surface area (Å²) in [7, 11) is 0. The third-order valence-electron chi connectivity index (χ3n) is 3.20. The molecule has 20 heavy (non-hydrogen) atoms. The zero-order chi connectivity index (χ0) is 14.8. The van der Waals surface area contributed by atoms with Crippen LogP contribution in [0.5, 0.6) is 5.75 Å². The maximum atomic E-state index is 8.93. The lowest BCUT2D eigenvalue weighted by atomic mass is 9.90. The van der Waals surface area contributed by atoms with Gasteiger partial charge in [-0.15, -0.1) is 0 Å². The first kappa shape index (κ1) is 16.5. The van der Waals surface area contributed by atoms with Crippen molar-refractivity contribution < 1.29 is 4.74 Å². The molecule has 0 saturated carbocycles. The van der Waals surface area contributed by atoms with Gasteiger partial charge in [-0.05, 0) is 57.4 Å². The Hall–Kier alpha value is -1.53. The highest BCUT2D eigenvalue weighted by atomic mass is 16.5. The molecule has 1 N–H and O–H groups in total. The first-order valence-corrected chi connectivity index (χ1v) is 7.41. The van der Waals surface area contributed by atoms with Crippen LogP contribution in [0.3, 0.4) is 0 Å². The number of hydrogen-bond donors (Lipinski definition) is 1. The molecular formula is C17H26N2O. The Bertz CT molecular complexity index is 418. The quantitative estimate of drug-likeness (QED) is 0.695. The Labute approximate surface area is 123 Å². The Morgan fingerprint density at radius 3 is 2.55 bits per heavy atom. The van der Waals surface area contributed by atoms with Crippen molar-refractivity contribution in [3.8, 4) is 11.8 Å². The molecule has 0 aliphatic heterocycles. The highest BCUT2D eigenvalue weighted by Crippen LogP contribution is 2.21. The van der Waals surface area contributed by atoms with Crippen molar-refractivity contribution in [3.05, 3.63) is 29.8 Å². The van der Waals surface area contributed by atoms with E-state index in [0.717, 1.165) is 38.1 Å². The van der Waals surface area contributed by atoms with Crippen molar-refractivity contribution in [2.24, 2.45) is 5.41 Å². The number of rotatable bonds is 9. The van der Waals surface area contributed by atoms with E-state index in [1.807, 2.05) is 26.0 Å². The molecule has 110 valence electrons. The number of nitrogens with zero attached hydrogens (tertiary/aromatic N) is 1. The molecule has 0 fully saturated rings. The first-order valence-electron chi connectivity index (χ1n) is 7.41. The molecular weight excluding hydrogens is 248 g/mol. The summed E-state index contributed by atoms with van der Waals surface area (Å²) in [6.07, 6.45) is 2.92. The van der Waals surface area contributed by atoms with Crippen molar-refractivity contribution in [2.75, 3.05) is 13.2 Å². The van der Waals surface area contributed by atoms with Crippen LogP contribution in [0, 0.1) is 16.7 Å². The Kier molecular flexibility index (Phi) is 7.11. The number of nitrogens with one attached hydrogen (secondary N) is 1. The van der Waals surface area contributed by atoms with E-state index < -0.39 is 0 Å². The third-order valence-corrected chi connectivity index (χ3v) is 3.20. The average Bonchev–Trinajstić information content (AvgIpc) is 2.45. The summed E-state index contributed by atoms with van der Waals surface area (Å²) < 4.78 is 5.70. The van der Waals surface area contributed by atoms with Gasteiger partial charge in [-0.1, -0.05) is 19.1 Å². The summed E-state index contributed by atoms with van der Waals surface area (Å²) in [6, 6.07) is 10.5. The molecule has 3 heteroatoms. The molecule has 1 aromatic carbocycles. The highest BCUT2D eigenvalue weighted by Gasteiger charge is 2.15. The predicted octanol–water partition coefficient (Wildman–Crippen LogP) is 3.89. The topological polar surface area (TPSA) is 45.0 Å². The van der Waals surface area contributed by atoms with Crippen molar-refractivity contribution in [2.45, 2.75) is 46.6 Å². The highest BCUT2D eigenvalue weighted by molar-refractivity contribution is 5.27. The van der Waals surface area contributed by atoms with Gasteiger partial charge in [-0.25, -0.2) is 0 Å². The Morgan fingerprint density at radius 1 is 1.25 bits per heavy atom. The number of benzene rings is 1. The SMILES string of the molecule is CCCNCc1ccc(OCCCC(C)(C)C#N)cc1. The normalized spacial score (nSPS) is 11.1. The van der Waals surface area contributed by atoms with E-state index in [1.165, 1.54) is 5.56 Å². The molecule has 0 aliphatic rings. The average molecular weight is 274 g/mol. The van der Waals surface area contributed by atoms with Crippen LogP contribution in [0.4, 0.5) is 0 Å². The minimum Gasteiger partial charge on any atom is -0.494 e. The van der Waals surface area contributed by atoms with Gasteiger partial charge < -0.3 is 10.1 Å². The van der Waals surface area contributed by atoms with Crippen molar-refractivity contribution in [3.63, 3.8) is 0 Å². The van der Waals surface area contributed by atoms with Gasteiger partial charge >= 0.3 is 0 Å². The molecule has 0 radical (unpaired) electrons. The summed E-state index contributed by atoms with van der Waals surface area (Å²) in [6.45, 7) is 8.71. The van der Waals surface area contributed by atoms with Crippen LogP contribution in [0.1, 0.15) is 45.6 Å². The fourth-order valence-electron chi connectivity index (χ4n) is 1.87. The minimum atomic E-state index is -0.252. The monoisotopic (exact) mass is 274 g/mol. The van der Waals surface area contributed by atoms with Crippen LogP contribution >= 0.6 is 0 Å². The summed E-state index contributed by atoms with van der Waals surface area (Å²) in [5.74, 6) is 0.902. The molecule has 0 bridgehead atoms. The fraction of sp³-hybridized carbons (Fsp3) is 0.588.